The standard InChI is InChI=1S/C28H27Cl2N3O5S/c1-3-37-28(36)24-20-6-4-5-7-23(20)39-27(24)32-26(35)18-9-11-19(12-10-18)38-16(2)25(34)33-31-15-17-8-13-21(29)22(30)14-17/h8-16H,3-7H2,1-2H3,(H,32,35)(H,33,34). The number of carbonyl (C=O) groups excluding carboxylic acids is 3. The molecule has 2 aromatic carbocycles. The van der Waals surface area contributed by atoms with Crippen molar-refractivity contribution >= 4 is 63.5 Å². The van der Waals surface area contributed by atoms with E-state index in [1.165, 1.54) is 17.6 Å². The molecule has 3 aromatic rings. The molecule has 11 heteroatoms. The van der Waals surface area contributed by atoms with Gasteiger partial charge in [0.25, 0.3) is 11.8 Å². The molecule has 1 atom stereocenters. The second-order valence-corrected chi connectivity index (χ2v) is 10.7. The molecule has 1 unspecified atom stereocenters. The molecule has 0 fully saturated rings. The summed E-state index contributed by atoms with van der Waals surface area (Å²) in [6.07, 6.45) is 4.35. The summed E-state index contributed by atoms with van der Waals surface area (Å²) in [4.78, 5) is 39.1. The third kappa shape index (κ3) is 7.17. The Bertz CT molecular complexity index is 1400. The third-order valence-electron chi connectivity index (χ3n) is 6.01. The number of nitrogens with zero attached hydrogens (tertiary/aromatic N) is 1. The average Bonchev–Trinajstić information content (AvgIpc) is 3.29. The van der Waals surface area contributed by atoms with Crippen LogP contribution in [0.5, 0.6) is 5.75 Å². The Balaban J connectivity index is 1.36. The van der Waals surface area contributed by atoms with E-state index in [0.717, 1.165) is 36.1 Å². The van der Waals surface area contributed by atoms with Crippen LogP contribution in [-0.2, 0) is 22.4 Å². The summed E-state index contributed by atoms with van der Waals surface area (Å²) in [6.45, 7) is 3.60. The molecule has 4 rings (SSSR count). The number of carbonyl (C=O) groups is 3. The van der Waals surface area contributed by atoms with Crippen LogP contribution in [0.15, 0.2) is 47.6 Å². The van der Waals surface area contributed by atoms with Gasteiger partial charge < -0.3 is 14.8 Å². The van der Waals surface area contributed by atoms with Gasteiger partial charge in [-0.15, -0.1) is 11.3 Å². The number of ether oxygens (including phenoxy) is 2. The molecule has 1 heterocycles. The zero-order valence-electron chi connectivity index (χ0n) is 21.4. The number of anilines is 1. The maximum Gasteiger partial charge on any atom is 0.341 e. The number of amides is 2. The van der Waals surface area contributed by atoms with Crippen molar-refractivity contribution in [3.63, 3.8) is 0 Å². The van der Waals surface area contributed by atoms with E-state index in [4.69, 9.17) is 32.7 Å². The van der Waals surface area contributed by atoms with Gasteiger partial charge in [-0.2, -0.15) is 5.10 Å². The quantitative estimate of drug-likeness (QED) is 0.174. The molecule has 1 aliphatic rings. The highest BCUT2D eigenvalue weighted by atomic mass is 35.5. The Morgan fingerprint density at radius 1 is 1.08 bits per heavy atom. The van der Waals surface area contributed by atoms with E-state index in [0.29, 0.717) is 37.5 Å². The molecule has 2 amide bonds. The van der Waals surface area contributed by atoms with Crippen LogP contribution < -0.4 is 15.5 Å². The molecular formula is C28H27Cl2N3O5S. The summed E-state index contributed by atoms with van der Waals surface area (Å²) in [7, 11) is 0. The number of aryl methyl sites for hydroxylation is 1. The zero-order chi connectivity index (χ0) is 27.9. The van der Waals surface area contributed by atoms with E-state index < -0.39 is 18.0 Å². The fraction of sp³-hybridized carbons (Fsp3) is 0.286. The minimum atomic E-state index is -0.847. The van der Waals surface area contributed by atoms with Crippen molar-refractivity contribution in [3.05, 3.63) is 79.6 Å². The largest absolute Gasteiger partial charge is 0.481 e. The summed E-state index contributed by atoms with van der Waals surface area (Å²) in [5.74, 6) is -0.819. The van der Waals surface area contributed by atoms with E-state index in [2.05, 4.69) is 15.8 Å². The second-order valence-electron chi connectivity index (χ2n) is 8.78. The summed E-state index contributed by atoms with van der Waals surface area (Å²) in [6, 6.07) is 11.4. The van der Waals surface area contributed by atoms with Gasteiger partial charge in [0.2, 0.25) is 0 Å². The Labute approximate surface area is 240 Å². The van der Waals surface area contributed by atoms with Gasteiger partial charge in [0.05, 0.1) is 28.4 Å². The van der Waals surface area contributed by atoms with Gasteiger partial charge in [-0.05, 0) is 87.1 Å². The second kappa shape index (κ2) is 13.1. The monoisotopic (exact) mass is 587 g/mol. The number of benzene rings is 2. The molecule has 0 saturated carbocycles. The normalized spacial score (nSPS) is 13.4. The maximum atomic E-state index is 13.0. The molecule has 0 radical (unpaired) electrons. The Hall–Kier alpha value is -3.40. The average molecular weight is 589 g/mol. The first-order chi connectivity index (χ1) is 18.8. The van der Waals surface area contributed by atoms with Crippen LogP contribution in [0.3, 0.4) is 0 Å². The molecule has 204 valence electrons. The molecule has 2 N–H and O–H groups in total. The lowest BCUT2D eigenvalue weighted by Crippen LogP contribution is -2.33. The number of hydrazone groups is 1. The Morgan fingerprint density at radius 3 is 2.54 bits per heavy atom. The van der Waals surface area contributed by atoms with E-state index in [9.17, 15) is 14.4 Å². The third-order valence-corrected chi connectivity index (χ3v) is 7.95. The van der Waals surface area contributed by atoms with Crippen LogP contribution in [0.25, 0.3) is 0 Å². The van der Waals surface area contributed by atoms with Crippen molar-refractivity contribution in [1.82, 2.24) is 5.43 Å². The van der Waals surface area contributed by atoms with E-state index in [1.807, 2.05) is 0 Å². The molecule has 1 aliphatic carbocycles. The van der Waals surface area contributed by atoms with Gasteiger partial charge in [0.15, 0.2) is 6.10 Å². The summed E-state index contributed by atoms with van der Waals surface area (Å²) < 4.78 is 10.9. The fourth-order valence-electron chi connectivity index (χ4n) is 4.04. The number of fused-ring (bicyclic) bond motifs is 1. The van der Waals surface area contributed by atoms with Crippen LogP contribution in [-0.4, -0.2) is 36.7 Å². The van der Waals surface area contributed by atoms with Crippen molar-refractivity contribution in [2.24, 2.45) is 5.10 Å². The lowest BCUT2D eigenvalue weighted by molar-refractivity contribution is -0.127. The summed E-state index contributed by atoms with van der Waals surface area (Å²) >= 11 is 13.3. The van der Waals surface area contributed by atoms with Crippen LogP contribution in [0.1, 0.15) is 63.4 Å². The number of hydrogen-bond acceptors (Lipinski definition) is 7. The van der Waals surface area contributed by atoms with E-state index in [-0.39, 0.29) is 12.5 Å². The van der Waals surface area contributed by atoms with Crippen LogP contribution in [0, 0.1) is 0 Å². The van der Waals surface area contributed by atoms with Gasteiger partial charge in [-0.3, -0.25) is 9.59 Å². The van der Waals surface area contributed by atoms with E-state index in [1.54, 1.807) is 56.3 Å². The highest BCUT2D eigenvalue weighted by Gasteiger charge is 2.27. The Kier molecular flexibility index (Phi) is 9.61. The van der Waals surface area contributed by atoms with Crippen LogP contribution in [0.2, 0.25) is 10.0 Å². The van der Waals surface area contributed by atoms with E-state index >= 15 is 0 Å². The van der Waals surface area contributed by atoms with Gasteiger partial charge in [-0.1, -0.05) is 29.3 Å². The number of rotatable bonds is 9. The van der Waals surface area contributed by atoms with Gasteiger partial charge in [0.1, 0.15) is 10.8 Å². The maximum absolute atomic E-state index is 13.0. The number of halogens is 2. The number of hydrogen-bond donors (Lipinski definition) is 2. The predicted octanol–water partition coefficient (Wildman–Crippen LogP) is 6.28. The molecule has 0 saturated heterocycles. The van der Waals surface area contributed by atoms with Crippen molar-refractivity contribution < 1.29 is 23.9 Å². The van der Waals surface area contributed by atoms with Gasteiger partial charge in [-0.25, -0.2) is 10.2 Å². The topological polar surface area (TPSA) is 106 Å². The molecule has 0 spiro atoms. The number of nitrogens with one attached hydrogen (secondary N) is 2. The van der Waals surface area contributed by atoms with Crippen molar-refractivity contribution in [2.45, 2.75) is 45.6 Å². The number of esters is 1. The van der Waals surface area contributed by atoms with Crippen molar-refractivity contribution in [2.75, 3.05) is 11.9 Å². The minimum absolute atomic E-state index is 0.262. The molecule has 1 aromatic heterocycles. The highest BCUT2D eigenvalue weighted by Crippen LogP contribution is 2.39. The molecule has 39 heavy (non-hydrogen) atoms. The first-order valence-electron chi connectivity index (χ1n) is 12.4. The van der Waals surface area contributed by atoms with Crippen LogP contribution >= 0.6 is 34.5 Å². The predicted molar refractivity (Wildman–Crippen MR) is 154 cm³/mol. The SMILES string of the molecule is CCOC(=O)c1c(NC(=O)c2ccc(OC(C)C(=O)NN=Cc3ccc(Cl)c(Cl)c3)cc2)sc2c1CCCC2. The van der Waals surface area contributed by atoms with Crippen molar-refractivity contribution in [3.8, 4) is 5.75 Å². The highest BCUT2D eigenvalue weighted by molar-refractivity contribution is 7.17. The molecule has 0 aliphatic heterocycles. The number of thiophene rings is 1. The summed E-state index contributed by atoms with van der Waals surface area (Å²) in [5.41, 5.74) is 4.91. The fourth-order valence-corrected chi connectivity index (χ4v) is 5.62. The molecule has 8 nitrogen and oxygen atoms in total. The zero-order valence-corrected chi connectivity index (χ0v) is 23.7. The Morgan fingerprint density at radius 2 is 1.82 bits per heavy atom. The van der Waals surface area contributed by atoms with Gasteiger partial charge >= 0.3 is 5.97 Å². The lowest BCUT2D eigenvalue weighted by Gasteiger charge is -2.13. The minimum Gasteiger partial charge on any atom is -0.481 e. The molecule has 0 bridgehead atoms. The van der Waals surface area contributed by atoms with Gasteiger partial charge in [0, 0.05) is 10.4 Å². The first kappa shape index (κ1) is 28.6. The van der Waals surface area contributed by atoms with Crippen molar-refractivity contribution in [1.29, 1.82) is 0 Å². The smallest absolute Gasteiger partial charge is 0.341 e. The first-order valence-corrected chi connectivity index (χ1v) is 14.0. The van der Waals surface area contributed by atoms with Crippen LogP contribution in [0.4, 0.5) is 5.00 Å². The lowest BCUT2D eigenvalue weighted by atomic mass is 9.95. The summed E-state index contributed by atoms with van der Waals surface area (Å²) in [5, 5.41) is 8.12. The molecular weight excluding hydrogens is 561 g/mol.